The molecule has 26 heavy (non-hydrogen) atoms. The second-order valence-electron chi connectivity index (χ2n) is 7.11. The molecule has 1 aliphatic carbocycles. The molecule has 0 spiro atoms. The molecule has 2 atom stereocenters. The first-order valence-electron chi connectivity index (χ1n) is 9.26. The number of esters is 1. The van der Waals surface area contributed by atoms with Gasteiger partial charge in [-0.1, -0.05) is 48.5 Å². The van der Waals surface area contributed by atoms with Crippen LogP contribution in [0.1, 0.15) is 29.2 Å². The Morgan fingerprint density at radius 1 is 0.885 bits per heavy atom. The zero-order valence-electron chi connectivity index (χ0n) is 15.0. The van der Waals surface area contributed by atoms with Gasteiger partial charge in [0.05, 0.1) is 18.4 Å². The van der Waals surface area contributed by atoms with E-state index in [2.05, 4.69) is 18.2 Å². The van der Waals surface area contributed by atoms with Crippen LogP contribution < -0.4 is 0 Å². The maximum atomic E-state index is 13.3. The quantitative estimate of drug-likeness (QED) is 0.800. The van der Waals surface area contributed by atoms with Crippen molar-refractivity contribution in [2.45, 2.75) is 32.9 Å². The molecule has 0 saturated heterocycles. The predicted octanol–water partition coefficient (Wildman–Crippen LogP) is 3.12. The lowest BCUT2D eigenvalue weighted by molar-refractivity contribution is -0.155. The first-order chi connectivity index (χ1) is 12.7. The molecule has 4 nitrogen and oxygen atoms in total. The van der Waals surface area contributed by atoms with E-state index in [0.717, 1.165) is 5.56 Å². The smallest absolute Gasteiger partial charge is 0.310 e. The fourth-order valence-electron chi connectivity index (χ4n) is 4.19. The van der Waals surface area contributed by atoms with E-state index in [1.807, 2.05) is 42.2 Å². The van der Waals surface area contributed by atoms with Gasteiger partial charge in [0.2, 0.25) is 5.91 Å². The van der Waals surface area contributed by atoms with Gasteiger partial charge in [-0.2, -0.15) is 0 Å². The molecule has 0 aromatic heterocycles. The number of hydrogen-bond donors (Lipinski definition) is 0. The third-order valence-electron chi connectivity index (χ3n) is 5.54. The van der Waals surface area contributed by atoms with Crippen LogP contribution in [0.15, 0.2) is 48.5 Å². The van der Waals surface area contributed by atoms with E-state index < -0.39 is 5.92 Å². The maximum absolute atomic E-state index is 13.3. The number of fused-ring (bicyclic) bond motifs is 2. The molecule has 0 N–H and O–H groups in total. The molecule has 1 heterocycles. The molecular weight excluding hydrogens is 326 g/mol. The minimum atomic E-state index is -0.402. The third kappa shape index (κ3) is 3.00. The lowest BCUT2D eigenvalue weighted by atomic mass is 9.75. The van der Waals surface area contributed by atoms with Gasteiger partial charge in [-0.25, -0.2) is 0 Å². The van der Waals surface area contributed by atoms with Crippen molar-refractivity contribution in [3.8, 4) is 0 Å². The Morgan fingerprint density at radius 2 is 1.38 bits per heavy atom. The molecule has 0 radical (unpaired) electrons. The highest BCUT2D eigenvalue weighted by atomic mass is 16.5. The van der Waals surface area contributed by atoms with Gasteiger partial charge in [-0.05, 0) is 42.0 Å². The molecule has 4 rings (SSSR count). The van der Waals surface area contributed by atoms with E-state index in [1.165, 1.54) is 16.7 Å². The highest BCUT2D eigenvalue weighted by molar-refractivity contribution is 5.87. The molecule has 2 aromatic rings. The van der Waals surface area contributed by atoms with Crippen molar-refractivity contribution >= 4 is 11.9 Å². The molecule has 1 aliphatic heterocycles. The number of amides is 1. The normalized spacial score (nSPS) is 21.0. The summed E-state index contributed by atoms with van der Waals surface area (Å²) in [6.07, 6.45) is 1.18. The summed E-state index contributed by atoms with van der Waals surface area (Å²) in [5, 5.41) is 0. The number of nitrogens with zero attached hydrogens (tertiary/aromatic N) is 1. The molecule has 2 aliphatic rings. The average molecular weight is 349 g/mol. The van der Waals surface area contributed by atoms with E-state index >= 15 is 0 Å². The summed E-state index contributed by atoms with van der Waals surface area (Å²) in [6.45, 7) is 3.40. The maximum Gasteiger partial charge on any atom is 0.310 e. The number of benzene rings is 2. The molecule has 2 aromatic carbocycles. The number of hydrogen-bond acceptors (Lipinski definition) is 3. The number of rotatable bonds is 3. The van der Waals surface area contributed by atoms with Crippen LogP contribution in [0.4, 0.5) is 0 Å². The van der Waals surface area contributed by atoms with Crippen LogP contribution in [0.5, 0.6) is 0 Å². The van der Waals surface area contributed by atoms with Crippen molar-refractivity contribution in [1.29, 1.82) is 0 Å². The third-order valence-corrected chi connectivity index (χ3v) is 5.54. The molecule has 134 valence electrons. The van der Waals surface area contributed by atoms with Crippen LogP contribution in [0.3, 0.4) is 0 Å². The van der Waals surface area contributed by atoms with E-state index in [-0.39, 0.29) is 17.8 Å². The molecule has 1 amide bonds. The highest BCUT2D eigenvalue weighted by Crippen LogP contribution is 2.34. The lowest BCUT2D eigenvalue weighted by Crippen LogP contribution is -2.43. The van der Waals surface area contributed by atoms with Crippen LogP contribution in [0.25, 0.3) is 0 Å². The lowest BCUT2D eigenvalue weighted by Gasteiger charge is -2.33. The fourth-order valence-corrected chi connectivity index (χ4v) is 4.19. The molecule has 0 fully saturated rings. The predicted molar refractivity (Wildman–Crippen MR) is 98.2 cm³/mol. The van der Waals surface area contributed by atoms with Gasteiger partial charge in [-0.15, -0.1) is 0 Å². The minimum absolute atomic E-state index is 0.0637. The summed E-state index contributed by atoms with van der Waals surface area (Å²) >= 11 is 0. The molecule has 0 unspecified atom stereocenters. The Kier molecular flexibility index (Phi) is 4.49. The number of ether oxygens (including phenoxy) is 1. The van der Waals surface area contributed by atoms with Crippen molar-refractivity contribution in [3.63, 3.8) is 0 Å². The summed E-state index contributed by atoms with van der Waals surface area (Å²) in [4.78, 5) is 27.8. The fraction of sp³-hybridized carbons (Fsp3) is 0.364. The van der Waals surface area contributed by atoms with E-state index in [0.29, 0.717) is 32.5 Å². The summed E-state index contributed by atoms with van der Waals surface area (Å²) in [5.74, 6) is -0.940. The van der Waals surface area contributed by atoms with Gasteiger partial charge in [0.1, 0.15) is 0 Å². The number of carbonyl (C=O) groups excluding carboxylic acids is 2. The van der Waals surface area contributed by atoms with Gasteiger partial charge in [-0.3, -0.25) is 9.59 Å². The zero-order valence-corrected chi connectivity index (χ0v) is 15.0. The van der Waals surface area contributed by atoms with Gasteiger partial charge < -0.3 is 9.64 Å². The summed E-state index contributed by atoms with van der Waals surface area (Å²) in [5.41, 5.74) is 4.72. The van der Waals surface area contributed by atoms with Crippen molar-refractivity contribution in [3.05, 3.63) is 70.8 Å². The largest absolute Gasteiger partial charge is 0.466 e. The van der Waals surface area contributed by atoms with Gasteiger partial charge in [0.15, 0.2) is 0 Å². The summed E-state index contributed by atoms with van der Waals surface area (Å²) < 4.78 is 5.29. The molecule has 4 heteroatoms. The Bertz CT molecular complexity index is 820. The van der Waals surface area contributed by atoms with Crippen molar-refractivity contribution in [2.75, 3.05) is 6.61 Å². The summed E-state index contributed by atoms with van der Waals surface area (Å²) in [6, 6.07) is 16.3. The van der Waals surface area contributed by atoms with Crippen LogP contribution in [0.2, 0.25) is 0 Å². The Labute approximate surface area is 153 Å². The van der Waals surface area contributed by atoms with Gasteiger partial charge in [0.25, 0.3) is 0 Å². The zero-order chi connectivity index (χ0) is 18.1. The standard InChI is InChI=1S/C22H23NO3/c1-2-26-22(25)20-12-16-8-4-3-7-15(16)11-19(20)21(24)23-13-17-9-5-6-10-18(17)14-23/h3-10,19-20H,2,11-14H2,1H3/t19-,20-/m1/s1. The number of carbonyl (C=O) groups is 2. The molecule has 0 saturated carbocycles. The van der Waals surface area contributed by atoms with Gasteiger partial charge in [0, 0.05) is 13.1 Å². The van der Waals surface area contributed by atoms with Gasteiger partial charge >= 0.3 is 5.97 Å². The first-order valence-corrected chi connectivity index (χ1v) is 9.26. The second-order valence-corrected chi connectivity index (χ2v) is 7.11. The molecule has 0 bridgehead atoms. The van der Waals surface area contributed by atoms with Crippen LogP contribution >= 0.6 is 0 Å². The average Bonchev–Trinajstić information content (AvgIpc) is 3.10. The van der Waals surface area contributed by atoms with Crippen molar-refractivity contribution in [2.24, 2.45) is 11.8 Å². The highest BCUT2D eigenvalue weighted by Gasteiger charge is 2.41. The van der Waals surface area contributed by atoms with E-state index in [4.69, 9.17) is 4.74 Å². The first kappa shape index (κ1) is 16.8. The minimum Gasteiger partial charge on any atom is -0.466 e. The Morgan fingerprint density at radius 3 is 1.92 bits per heavy atom. The SMILES string of the molecule is CCOC(=O)[C@@H]1Cc2ccccc2C[C@H]1C(=O)N1Cc2ccccc2C1. The van der Waals surface area contributed by atoms with Crippen LogP contribution in [-0.4, -0.2) is 23.4 Å². The molecular formula is C22H23NO3. The Balaban J connectivity index is 1.60. The Hall–Kier alpha value is -2.62. The summed E-state index contributed by atoms with van der Waals surface area (Å²) in [7, 11) is 0. The van der Waals surface area contributed by atoms with Crippen LogP contribution in [0, 0.1) is 11.8 Å². The van der Waals surface area contributed by atoms with Crippen LogP contribution in [-0.2, 0) is 40.3 Å². The topological polar surface area (TPSA) is 46.6 Å². The second kappa shape index (κ2) is 6.94. The van der Waals surface area contributed by atoms with E-state index in [9.17, 15) is 9.59 Å². The van der Waals surface area contributed by atoms with Crippen molar-refractivity contribution in [1.82, 2.24) is 4.90 Å². The van der Waals surface area contributed by atoms with Crippen molar-refractivity contribution < 1.29 is 14.3 Å². The monoisotopic (exact) mass is 349 g/mol. The van der Waals surface area contributed by atoms with E-state index in [1.54, 1.807) is 0 Å².